The molecule has 0 bridgehead atoms. The Morgan fingerprint density at radius 3 is 0.970 bits per heavy atom. The highest BCUT2D eigenvalue weighted by Gasteiger charge is 2.21. The second-order valence-electron chi connectivity index (χ2n) is 15.9. The molecule has 0 radical (unpaired) electrons. The van der Waals surface area contributed by atoms with Crippen LogP contribution in [0.15, 0.2) is 243 Å². The second-order valence-corrected chi connectivity index (χ2v) is 15.9. The van der Waals surface area contributed by atoms with Crippen molar-refractivity contribution < 1.29 is 0 Å². The van der Waals surface area contributed by atoms with Gasteiger partial charge in [0.2, 0.25) is 0 Å². The van der Waals surface area contributed by atoms with Crippen LogP contribution in [-0.4, -0.2) is 29.9 Å². The quantitative estimate of drug-likeness (QED) is 0.136. The van der Waals surface area contributed by atoms with E-state index >= 15 is 0 Å². The van der Waals surface area contributed by atoms with Crippen molar-refractivity contribution in [3.8, 4) is 113 Å². The van der Waals surface area contributed by atoms with E-state index in [0.29, 0.717) is 34.9 Å². The van der Waals surface area contributed by atoms with Crippen LogP contribution in [0.2, 0.25) is 0 Å². The van der Waals surface area contributed by atoms with Gasteiger partial charge in [0.05, 0.1) is 0 Å². The lowest BCUT2D eigenvalue weighted by atomic mass is 9.86. The molecule has 0 aliphatic rings. The molecule has 0 fully saturated rings. The van der Waals surface area contributed by atoms with E-state index in [-0.39, 0.29) is 0 Å². The molecule has 0 unspecified atom stereocenters. The van der Waals surface area contributed by atoms with Gasteiger partial charge < -0.3 is 0 Å². The van der Waals surface area contributed by atoms with Crippen molar-refractivity contribution in [1.29, 1.82) is 0 Å². The van der Waals surface area contributed by atoms with Gasteiger partial charge in [-0.05, 0) is 56.6 Å². The minimum Gasteiger partial charge on any atom is -0.208 e. The van der Waals surface area contributed by atoms with E-state index in [1.807, 2.05) is 103 Å². The van der Waals surface area contributed by atoms with Crippen LogP contribution in [0.25, 0.3) is 113 Å². The fraction of sp³-hybridized carbons (Fsp3) is 0. The summed E-state index contributed by atoms with van der Waals surface area (Å²) in [7, 11) is 0. The lowest BCUT2D eigenvalue weighted by molar-refractivity contribution is 1.07. The molecular formula is C60H40N6. The first-order valence-electron chi connectivity index (χ1n) is 22.0. The summed E-state index contributed by atoms with van der Waals surface area (Å²) < 4.78 is 0. The van der Waals surface area contributed by atoms with Crippen LogP contribution >= 0.6 is 0 Å². The van der Waals surface area contributed by atoms with Crippen LogP contribution in [0.4, 0.5) is 0 Å². The zero-order valence-corrected chi connectivity index (χ0v) is 35.8. The van der Waals surface area contributed by atoms with Crippen LogP contribution in [0.3, 0.4) is 0 Å². The van der Waals surface area contributed by atoms with Gasteiger partial charge in [-0.2, -0.15) is 0 Å². The van der Waals surface area contributed by atoms with Gasteiger partial charge in [-0.1, -0.05) is 231 Å². The molecular weight excluding hydrogens is 805 g/mol. The lowest BCUT2D eigenvalue weighted by Gasteiger charge is -2.18. The highest BCUT2D eigenvalue weighted by molar-refractivity contribution is 5.97. The fourth-order valence-corrected chi connectivity index (χ4v) is 8.39. The van der Waals surface area contributed by atoms with Crippen LogP contribution in [0.5, 0.6) is 0 Å². The molecule has 11 aromatic rings. The van der Waals surface area contributed by atoms with Crippen molar-refractivity contribution in [2.24, 2.45) is 0 Å². The van der Waals surface area contributed by atoms with Gasteiger partial charge in [-0.3, -0.25) is 0 Å². The first-order valence-corrected chi connectivity index (χ1v) is 22.0. The van der Waals surface area contributed by atoms with Crippen LogP contribution in [0.1, 0.15) is 0 Å². The maximum Gasteiger partial charge on any atom is 0.164 e. The number of hydrogen-bond donors (Lipinski definition) is 0. The first-order chi connectivity index (χ1) is 32.7. The van der Waals surface area contributed by atoms with E-state index in [2.05, 4.69) is 140 Å². The Hall–Kier alpha value is -9.00. The van der Waals surface area contributed by atoms with Gasteiger partial charge in [-0.25, -0.2) is 29.9 Å². The van der Waals surface area contributed by atoms with Crippen LogP contribution in [0, 0.1) is 0 Å². The maximum absolute atomic E-state index is 5.24. The average Bonchev–Trinajstić information content (AvgIpc) is 3.41. The molecule has 66 heavy (non-hydrogen) atoms. The predicted octanol–water partition coefficient (Wildman–Crippen LogP) is 14.7. The standard InChI is InChI=1S/C60H40N6/c1-6-21-41(22-7-1)46-31-20-32-47(39-46)58-62-55(43-25-10-3-11-26-43)63-59(64-58)48-37-38-52(54(40-48)50-34-17-16-33-49(50)42-23-8-2-9-24-42)51-35-18-19-36-53(51)60-65-56(44-27-12-4-13-28-44)61-57(66-60)45-29-14-5-15-30-45/h1-40H. The molecule has 6 nitrogen and oxygen atoms in total. The molecule has 0 aliphatic carbocycles. The van der Waals surface area contributed by atoms with Crippen molar-refractivity contribution in [1.82, 2.24) is 29.9 Å². The zero-order chi connectivity index (χ0) is 44.1. The zero-order valence-electron chi connectivity index (χ0n) is 35.8. The largest absolute Gasteiger partial charge is 0.208 e. The normalized spacial score (nSPS) is 11.0. The van der Waals surface area contributed by atoms with Crippen LogP contribution in [-0.2, 0) is 0 Å². The molecule has 310 valence electrons. The number of aromatic nitrogens is 6. The summed E-state index contributed by atoms with van der Waals surface area (Å²) in [4.78, 5) is 30.9. The molecule has 11 rings (SSSR count). The molecule has 0 atom stereocenters. The van der Waals surface area contributed by atoms with E-state index < -0.39 is 0 Å². The molecule has 2 heterocycles. The fourth-order valence-electron chi connectivity index (χ4n) is 8.39. The van der Waals surface area contributed by atoms with Gasteiger partial charge in [0.25, 0.3) is 0 Å². The summed E-state index contributed by atoms with van der Waals surface area (Å²) in [5, 5.41) is 0. The first kappa shape index (κ1) is 39.8. The summed E-state index contributed by atoms with van der Waals surface area (Å²) in [5.41, 5.74) is 13.9. The maximum atomic E-state index is 5.24. The Bertz CT molecular complexity index is 3400. The topological polar surface area (TPSA) is 77.3 Å². The molecule has 6 heteroatoms. The SMILES string of the molecule is c1ccc(-c2cccc(-c3nc(-c4ccccc4)nc(-c4ccc(-c5ccccc5-c5nc(-c6ccccc6)nc(-c6ccccc6)n5)c(-c5ccccc5-c5ccccc5)c4)n3)c2)cc1. The third kappa shape index (κ3) is 8.18. The predicted molar refractivity (Wildman–Crippen MR) is 268 cm³/mol. The number of hydrogen-bond acceptors (Lipinski definition) is 6. The monoisotopic (exact) mass is 844 g/mol. The van der Waals surface area contributed by atoms with Crippen molar-refractivity contribution in [2.75, 3.05) is 0 Å². The Labute approximate surface area is 383 Å². The number of rotatable bonds is 10. The van der Waals surface area contributed by atoms with Gasteiger partial charge in [0, 0.05) is 33.4 Å². The van der Waals surface area contributed by atoms with Crippen molar-refractivity contribution >= 4 is 0 Å². The van der Waals surface area contributed by atoms with Crippen molar-refractivity contribution in [2.45, 2.75) is 0 Å². The van der Waals surface area contributed by atoms with E-state index in [1.165, 1.54) is 0 Å². The molecule has 0 aliphatic heterocycles. The Kier molecular flexibility index (Phi) is 10.9. The number of nitrogens with zero attached hydrogens (tertiary/aromatic N) is 6. The molecule has 2 aromatic heterocycles. The van der Waals surface area contributed by atoms with E-state index in [4.69, 9.17) is 29.9 Å². The minimum atomic E-state index is 0.569. The van der Waals surface area contributed by atoms with Gasteiger partial charge >= 0.3 is 0 Å². The molecule has 0 saturated carbocycles. The third-order valence-corrected chi connectivity index (χ3v) is 11.6. The minimum absolute atomic E-state index is 0.569. The van der Waals surface area contributed by atoms with Crippen molar-refractivity contribution in [3.63, 3.8) is 0 Å². The van der Waals surface area contributed by atoms with Gasteiger partial charge in [-0.15, -0.1) is 0 Å². The van der Waals surface area contributed by atoms with Gasteiger partial charge in [0.15, 0.2) is 34.9 Å². The molecule has 0 N–H and O–H groups in total. The van der Waals surface area contributed by atoms with E-state index in [1.54, 1.807) is 0 Å². The van der Waals surface area contributed by atoms with E-state index in [0.717, 1.165) is 77.9 Å². The molecule has 9 aromatic carbocycles. The summed E-state index contributed by atoms with van der Waals surface area (Å²) in [6.45, 7) is 0. The molecule has 0 amide bonds. The summed E-state index contributed by atoms with van der Waals surface area (Å²) >= 11 is 0. The Balaban J connectivity index is 1.13. The second kappa shape index (κ2) is 18.0. The van der Waals surface area contributed by atoms with E-state index in [9.17, 15) is 0 Å². The third-order valence-electron chi connectivity index (χ3n) is 11.6. The molecule has 0 saturated heterocycles. The Morgan fingerprint density at radius 1 is 0.152 bits per heavy atom. The summed E-state index contributed by atoms with van der Waals surface area (Å²) in [6, 6.07) is 83.1. The highest BCUT2D eigenvalue weighted by atomic mass is 15.0. The van der Waals surface area contributed by atoms with Gasteiger partial charge in [0.1, 0.15) is 0 Å². The van der Waals surface area contributed by atoms with Crippen LogP contribution < -0.4 is 0 Å². The smallest absolute Gasteiger partial charge is 0.164 e. The summed E-state index contributed by atoms with van der Waals surface area (Å²) in [6.07, 6.45) is 0. The lowest BCUT2D eigenvalue weighted by Crippen LogP contribution is -2.02. The molecule has 0 spiro atoms. The number of benzene rings is 9. The van der Waals surface area contributed by atoms with Crippen molar-refractivity contribution in [3.05, 3.63) is 243 Å². The Morgan fingerprint density at radius 2 is 0.470 bits per heavy atom. The highest BCUT2D eigenvalue weighted by Crippen LogP contribution is 2.43. The average molecular weight is 845 g/mol. The summed E-state index contributed by atoms with van der Waals surface area (Å²) in [5.74, 6) is 3.55.